The summed E-state index contributed by atoms with van der Waals surface area (Å²) in [6.45, 7) is 3.80. The molecule has 0 saturated carbocycles. The summed E-state index contributed by atoms with van der Waals surface area (Å²) in [4.78, 5) is 18.8. The van der Waals surface area contributed by atoms with E-state index in [1.807, 2.05) is 13.0 Å². The van der Waals surface area contributed by atoms with E-state index in [0.717, 1.165) is 6.20 Å². The van der Waals surface area contributed by atoms with Crippen LogP contribution in [0.3, 0.4) is 0 Å². The Morgan fingerprint density at radius 2 is 2.11 bits per heavy atom. The second-order valence-electron chi connectivity index (χ2n) is 9.08. The fourth-order valence-corrected chi connectivity index (χ4v) is 4.92. The minimum atomic E-state index is -1.22. The van der Waals surface area contributed by atoms with Crippen LogP contribution in [0.15, 0.2) is 48.8 Å². The van der Waals surface area contributed by atoms with Gasteiger partial charge in [-0.15, -0.1) is 0 Å². The molecule has 5 rings (SSSR count). The largest absolute Gasteiger partial charge is 0.487 e. The zero-order valence-corrected chi connectivity index (χ0v) is 21.5. The van der Waals surface area contributed by atoms with Crippen LogP contribution in [0, 0.1) is 18.6 Å². The predicted octanol–water partition coefficient (Wildman–Crippen LogP) is 4.52. The van der Waals surface area contributed by atoms with Crippen molar-refractivity contribution < 1.29 is 28.2 Å². The summed E-state index contributed by atoms with van der Waals surface area (Å²) in [5.41, 5.74) is 2.75. The second kappa shape index (κ2) is 10.6. The first-order chi connectivity index (χ1) is 18.2. The van der Waals surface area contributed by atoms with Crippen molar-refractivity contribution in [3.63, 3.8) is 0 Å². The average molecular weight is 543 g/mol. The third-order valence-electron chi connectivity index (χ3n) is 6.40. The third-order valence-corrected chi connectivity index (χ3v) is 6.74. The quantitative estimate of drug-likeness (QED) is 0.385. The number of aliphatic hydroxyl groups excluding tert-OH is 1. The zero-order valence-electron chi connectivity index (χ0n) is 20.7. The summed E-state index contributed by atoms with van der Waals surface area (Å²) in [6, 6.07) is 8.98. The summed E-state index contributed by atoms with van der Waals surface area (Å²) >= 11 is 6.48. The van der Waals surface area contributed by atoms with Gasteiger partial charge in [-0.05, 0) is 43.7 Å². The van der Waals surface area contributed by atoms with Gasteiger partial charge in [0.25, 0.3) is 5.91 Å². The Kier molecular flexibility index (Phi) is 7.29. The number of aryl methyl sites for hydroxylation is 1. The van der Waals surface area contributed by atoms with Crippen molar-refractivity contribution in [3.8, 4) is 11.4 Å². The molecule has 0 spiro atoms. The van der Waals surface area contributed by atoms with Crippen LogP contribution in [0.4, 0.5) is 8.78 Å². The number of carbonyl (C=O) groups excluding carboxylic acids is 1. The number of benzene rings is 2. The number of pyridine rings is 1. The van der Waals surface area contributed by atoms with Crippen molar-refractivity contribution in [2.45, 2.75) is 32.6 Å². The van der Waals surface area contributed by atoms with E-state index in [9.17, 15) is 18.7 Å². The molecule has 3 heterocycles. The first-order valence-electron chi connectivity index (χ1n) is 12.0. The Hall–Kier alpha value is -3.60. The number of aliphatic hydroxyl groups is 1. The summed E-state index contributed by atoms with van der Waals surface area (Å²) < 4.78 is 41.4. The second-order valence-corrected chi connectivity index (χ2v) is 9.49. The summed E-state index contributed by atoms with van der Waals surface area (Å²) in [7, 11) is 0. The smallest absolute Gasteiger partial charge is 0.251 e. The molecule has 0 radical (unpaired) electrons. The van der Waals surface area contributed by atoms with Gasteiger partial charge in [0.05, 0.1) is 42.4 Å². The zero-order chi connectivity index (χ0) is 27.0. The molecule has 1 amide bonds. The van der Waals surface area contributed by atoms with E-state index in [2.05, 4.69) is 10.1 Å². The van der Waals surface area contributed by atoms with E-state index in [-0.39, 0.29) is 24.8 Å². The number of ether oxygens (including phenoxy) is 2. The van der Waals surface area contributed by atoms with Crippen molar-refractivity contribution in [3.05, 3.63) is 82.3 Å². The Bertz CT molecular complexity index is 1510. The molecule has 1 fully saturated rings. The van der Waals surface area contributed by atoms with Crippen LogP contribution in [0.25, 0.3) is 16.6 Å². The SMILES string of the molecule is Cc1cc(-n2cc(F)cn2)c2cccc(OCc3c(Cl)cc(F)cc3[C@@H]3COCCN3C(=O)[C@@H](C)O)c2n1. The van der Waals surface area contributed by atoms with Crippen LogP contribution in [0.1, 0.15) is 29.8 Å². The van der Waals surface area contributed by atoms with Crippen LogP contribution in [-0.4, -0.2) is 56.5 Å². The first kappa shape index (κ1) is 26.0. The van der Waals surface area contributed by atoms with E-state index in [4.69, 9.17) is 21.1 Å². The molecule has 8 nitrogen and oxygen atoms in total. The van der Waals surface area contributed by atoms with Crippen molar-refractivity contribution in [1.29, 1.82) is 0 Å². The number of morpholine rings is 1. The lowest BCUT2D eigenvalue weighted by Gasteiger charge is -2.37. The molecule has 0 aliphatic carbocycles. The molecule has 1 saturated heterocycles. The fourth-order valence-electron chi connectivity index (χ4n) is 4.66. The number of halogens is 3. The first-order valence-corrected chi connectivity index (χ1v) is 12.4. The standard InChI is InChI=1S/C27H25ClF2N4O4/c1-15-8-23(34-12-18(30)11-31-34)19-4-3-5-25(26(19)32-15)38-13-21-20(9-17(29)10-22(21)28)24-14-37-7-6-33(24)27(36)16(2)35/h3-5,8-12,16,24,35H,6-7,13-14H2,1-2H3/t16-,24+/m1/s1. The van der Waals surface area contributed by atoms with Gasteiger partial charge in [-0.1, -0.05) is 23.7 Å². The maximum Gasteiger partial charge on any atom is 0.251 e. The number of nitrogens with zero attached hydrogens (tertiary/aromatic N) is 4. The number of carbonyl (C=O) groups is 1. The predicted molar refractivity (Wildman–Crippen MR) is 136 cm³/mol. The Morgan fingerprint density at radius 1 is 1.29 bits per heavy atom. The molecular weight excluding hydrogens is 518 g/mol. The monoisotopic (exact) mass is 542 g/mol. The molecule has 0 unspecified atom stereocenters. The van der Waals surface area contributed by atoms with Crippen LogP contribution < -0.4 is 4.74 Å². The minimum absolute atomic E-state index is 0.0535. The van der Waals surface area contributed by atoms with Crippen molar-refractivity contribution >= 4 is 28.4 Å². The minimum Gasteiger partial charge on any atom is -0.487 e. The molecular formula is C27H25ClF2N4O4. The molecule has 1 aliphatic heterocycles. The topological polar surface area (TPSA) is 89.7 Å². The van der Waals surface area contributed by atoms with Gasteiger partial charge in [0.15, 0.2) is 5.82 Å². The van der Waals surface area contributed by atoms with E-state index < -0.39 is 29.7 Å². The van der Waals surface area contributed by atoms with Gasteiger partial charge in [0.2, 0.25) is 0 Å². The Morgan fingerprint density at radius 3 is 2.84 bits per heavy atom. The van der Waals surface area contributed by atoms with Crippen molar-refractivity contribution in [1.82, 2.24) is 19.7 Å². The Balaban J connectivity index is 1.52. The highest BCUT2D eigenvalue weighted by molar-refractivity contribution is 6.31. The van der Waals surface area contributed by atoms with E-state index in [0.29, 0.717) is 45.8 Å². The number of amides is 1. The Labute approximate surface area is 222 Å². The molecule has 198 valence electrons. The summed E-state index contributed by atoms with van der Waals surface area (Å²) in [5, 5.41) is 14.8. The fraction of sp³-hybridized carbons (Fsp3) is 0.296. The van der Waals surface area contributed by atoms with Crippen molar-refractivity contribution in [2.24, 2.45) is 0 Å². The molecule has 38 heavy (non-hydrogen) atoms. The van der Waals surface area contributed by atoms with E-state index >= 15 is 0 Å². The van der Waals surface area contributed by atoms with Gasteiger partial charge >= 0.3 is 0 Å². The molecule has 1 aliphatic rings. The lowest BCUT2D eigenvalue weighted by molar-refractivity contribution is -0.148. The maximum absolute atomic E-state index is 14.5. The highest BCUT2D eigenvalue weighted by atomic mass is 35.5. The van der Waals surface area contributed by atoms with Gasteiger partial charge < -0.3 is 19.5 Å². The molecule has 2 aromatic carbocycles. The molecule has 0 bridgehead atoms. The number of fused-ring (bicyclic) bond motifs is 1. The van der Waals surface area contributed by atoms with Gasteiger partial charge in [-0.25, -0.2) is 18.4 Å². The molecule has 11 heteroatoms. The van der Waals surface area contributed by atoms with Gasteiger partial charge in [-0.2, -0.15) is 5.10 Å². The number of hydrogen-bond donors (Lipinski definition) is 1. The number of rotatable bonds is 6. The van der Waals surface area contributed by atoms with Gasteiger partial charge in [-0.3, -0.25) is 4.79 Å². The van der Waals surface area contributed by atoms with Gasteiger partial charge in [0, 0.05) is 23.2 Å². The molecule has 1 N–H and O–H groups in total. The average Bonchev–Trinajstić information content (AvgIpc) is 3.33. The van der Waals surface area contributed by atoms with Crippen LogP contribution >= 0.6 is 11.6 Å². The molecule has 2 aromatic heterocycles. The molecule has 4 aromatic rings. The maximum atomic E-state index is 14.5. The number of aromatic nitrogens is 3. The number of hydrogen-bond acceptors (Lipinski definition) is 6. The third kappa shape index (κ3) is 5.07. The van der Waals surface area contributed by atoms with Gasteiger partial charge in [0.1, 0.15) is 29.8 Å². The normalized spacial score (nSPS) is 16.6. The summed E-state index contributed by atoms with van der Waals surface area (Å²) in [6.07, 6.45) is 1.18. The van der Waals surface area contributed by atoms with E-state index in [1.54, 1.807) is 18.2 Å². The molecule has 2 atom stereocenters. The lowest BCUT2D eigenvalue weighted by Crippen LogP contribution is -2.47. The van der Waals surface area contributed by atoms with E-state index in [1.165, 1.54) is 34.8 Å². The lowest BCUT2D eigenvalue weighted by atomic mass is 9.98. The summed E-state index contributed by atoms with van der Waals surface area (Å²) in [5.74, 6) is -1.08. The van der Waals surface area contributed by atoms with Crippen LogP contribution in [0.5, 0.6) is 5.75 Å². The number of para-hydroxylation sites is 1. The highest BCUT2D eigenvalue weighted by Gasteiger charge is 2.33. The van der Waals surface area contributed by atoms with Crippen LogP contribution in [-0.2, 0) is 16.1 Å². The highest BCUT2D eigenvalue weighted by Crippen LogP contribution is 2.35. The van der Waals surface area contributed by atoms with Crippen molar-refractivity contribution in [2.75, 3.05) is 19.8 Å². The van der Waals surface area contributed by atoms with Crippen LogP contribution in [0.2, 0.25) is 5.02 Å².